The van der Waals surface area contributed by atoms with Crippen LogP contribution in [0.1, 0.15) is 46.6 Å². The highest BCUT2D eigenvalue weighted by Gasteiger charge is 2.42. The normalized spacial score (nSPS) is 16.1. The van der Waals surface area contributed by atoms with E-state index in [0.717, 1.165) is 30.5 Å². The Labute approximate surface area is 169 Å². The fraction of sp³-hybridized carbons (Fsp3) is 0.348. The van der Waals surface area contributed by atoms with E-state index in [1.54, 1.807) is 23.4 Å². The van der Waals surface area contributed by atoms with Crippen LogP contribution >= 0.6 is 0 Å². The lowest BCUT2D eigenvalue weighted by Gasteiger charge is -2.25. The van der Waals surface area contributed by atoms with E-state index in [0.29, 0.717) is 23.1 Å². The molecule has 0 radical (unpaired) electrons. The smallest absolute Gasteiger partial charge is 0.290 e. The maximum atomic E-state index is 13.5. The molecule has 2 aromatic heterocycles. The lowest BCUT2D eigenvalue weighted by molar-refractivity contribution is 0.0722. The Kier molecular flexibility index (Phi) is 5.20. The number of nitrogens with zero attached hydrogens (tertiary/aromatic N) is 3. The molecule has 1 aliphatic heterocycles. The van der Waals surface area contributed by atoms with Crippen molar-refractivity contribution in [1.29, 1.82) is 0 Å². The molecule has 0 aliphatic carbocycles. The molecule has 150 valence electrons. The van der Waals surface area contributed by atoms with Crippen LogP contribution in [0.4, 0.5) is 0 Å². The standard InChI is InChI=1S/C23H25N3O3/c1-4-15-8-9-18-17(13-15)21(27)19-20(16-7-5-10-24-14-16)26(12-6-11-25(2)3)23(28)22(19)29-18/h5,7-10,13-14,20H,4,6,11-12H2,1-3H3. The van der Waals surface area contributed by atoms with Crippen LogP contribution in [0, 0.1) is 0 Å². The Morgan fingerprint density at radius 3 is 2.72 bits per heavy atom. The van der Waals surface area contributed by atoms with E-state index in [1.807, 2.05) is 45.3 Å². The maximum Gasteiger partial charge on any atom is 0.290 e. The molecule has 3 heterocycles. The third-order valence-electron chi connectivity index (χ3n) is 5.44. The van der Waals surface area contributed by atoms with Gasteiger partial charge in [0.05, 0.1) is 17.0 Å². The van der Waals surface area contributed by atoms with Crippen molar-refractivity contribution in [3.63, 3.8) is 0 Å². The summed E-state index contributed by atoms with van der Waals surface area (Å²) in [5.74, 6) is -0.0726. The van der Waals surface area contributed by atoms with E-state index in [1.165, 1.54) is 0 Å². The van der Waals surface area contributed by atoms with Crippen LogP contribution in [0.15, 0.2) is 51.9 Å². The Balaban J connectivity index is 1.87. The van der Waals surface area contributed by atoms with Gasteiger partial charge < -0.3 is 14.2 Å². The van der Waals surface area contributed by atoms with E-state index < -0.39 is 6.04 Å². The van der Waals surface area contributed by atoms with Crippen molar-refractivity contribution in [2.45, 2.75) is 25.8 Å². The number of fused-ring (bicyclic) bond motifs is 2. The summed E-state index contributed by atoms with van der Waals surface area (Å²) >= 11 is 0. The van der Waals surface area contributed by atoms with E-state index in [-0.39, 0.29) is 17.1 Å². The third kappa shape index (κ3) is 3.44. The topological polar surface area (TPSA) is 66.7 Å². The minimum atomic E-state index is -0.473. The van der Waals surface area contributed by atoms with Crippen LogP contribution in [0.5, 0.6) is 0 Å². The van der Waals surface area contributed by atoms with Crippen LogP contribution in [0.2, 0.25) is 0 Å². The molecule has 0 fully saturated rings. The van der Waals surface area contributed by atoms with Gasteiger partial charge in [-0.15, -0.1) is 0 Å². The highest BCUT2D eigenvalue weighted by atomic mass is 16.3. The number of aromatic nitrogens is 1. The first-order valence-electron chi connectivity index (χ1n) is 9.96. The molecule has 0 saturated heterocycles. The SMILES string of the molecule is CCc1ccc2oc3c(c(=O)c2c1)C(c1cccnc1)N(CCCN(C)C)C3=O. The Bertz CT molecular complexity index is 1110. The number of rotatable bonds is 6. The van der Waals surface area contributed by atoms with E-state index in [2.05, 4.69) is 9.88 Å². The Hall–Kier alpha value is -2.99. The van der Waals surface area contributed by atoms with Crippen LogP contribution in [0.3, 0.4) is 0 Å². The molecule has 1 atom stereocenters. The predicted molar refractivity (Wildman–Crippen MR) is 112 cm³/mol. The zero-order chi connectivity index (χ0) is 20.5. The summed E-state index contributed by atoms with van der Waals surface area (Å²) in [6, 6.07) is 8.86. The zero-order valence-electron chi connectivity index (χ0n) is 17.0. The average Bonchev–Trinajstić information content (AvgIpc) is 3.00. The summed E-state index contributed by atoms with van der Waals surface area (Å²) < 4.78 is 5.98. The van der Waals surface area contributed by atoms with Crippen molar-refractivity contribution in [3.8, 4) is 0 Å². The molecule has 6 heteroatoms. The van der Waals surface area contributed by atoms with Crippen molar-refractivity contribution >= 4 is 16.9 Å². The van der Waals surface area contributed by atoms with Gasteiger partial charge in [0.2, 0.25) is 5.76 Å². The Morgan fingerprint density at radius 1 is 1.21 bits per heavy atom. The van der Waals surface area contributed by atoms with Crippen LogP contribution in [-0.2, 0) is 6.42 Å². The molecule has 1 unspecified atom stereocenters. The van der Waals surface area contributed by atoms with Crippen molar-refractivity contribution in [3.05, 3.63) is 75.4 Å². The summed E-state index contributed by atoms with van der Waals surface area (Å²) in [7, 11) is 4.00. The second kappa shape index (κ2) is 7.79. The van der Waals surface area contributed by atoms with Gasteiger partial charge in [-0.25, -0.2) is 0 Å². The van der Waals surface area contributed by atoms with Gasteiger partial charge >= 0.3 is 0 Å². The quantitative estimate of drug-likeness (QED) is 0.645. The second-order valence-corrected chi connectivity index (χ2v) is 7.70. The number of pyridine rings is 1. The van der Waals surface area contributed by atoms with Crippen molar-refractivity contribution < 1.29 is 9.21 Å². The molecule has 0 bridgehead atoms. The number of hydrogen-bond acceptors (Lipinski definition) is 5. The first-order chi connectivity index (χ1) is 14.0. The molecule has 6 nitrogen and oxygen atoms in total. The third-order valence-corrected chi connectivity index (χ3v) is 5.44. The summed E-state index contributed by atoms with van der Waals surface area (Å²) in [5.41, 5.74) is 2.64. The van der Waals surface area contributed by atoms with E-state index in [4.69, 9.17) is 4.42 Å². The van der Waals surface area contributed by atoms with Gasteiger partial charge in [0.1, 0.15) is 5.58 Å². The predicted octanol–water partition coefficient (Wildman–Crippen LogP) is 3.25. The first-order valence-corrected chi connectivity index (χ1v) is 9.96. The fourth-order valence-electron chi connectivity index (χ4n) is 3.96. The molecule has 0 spiro atoms. The number of carbonyl (C=O) groups excluding carboxylic acids is 1. The fourth-order valence-corrected chi connectivity index (χ4v) is 3.96. The monoisotopic (exact) mass is 391 g/mol. The molecule has 1 amide bonds. The van der Waals surface area contributed by atoms with Gasteiger partial charge in [0.25, 0.3) is 5.91 Å². The highest BCUT2D eigenvalue weighted by Crippen LogP contribution is 2.37. The molecule has 0 N–H and O–H groups in total. The molecular formula is C23H25N3O3. The average molecular weight is 391 g/mol. The van der Waals surface area contributed by atoms with Gasteiger partial charge in [-0.05, 0) is 62.8 Å². The molecule has 1 aliphatic rings. The number of carbonyl (C=O) groups is 1. The molecule has 1 aromatic carbocycles. The van der Waals surface area contributed by atoms with Crippen LogP contribution in [0.25, 0.3) is 11.0 Å². The first kappa shape index (κ1) is 19.3. The lowest BCUT2D eigenvalue weighted by Crippen LogP contribution is -2.32. The number of benzene rings is 1. The minimum absolute atomic E-state index is 0.131. The number of aryl methyl sites for hydroxylation is 1. The lowest BCUT2D eigenvalue weighted by atomic mass is 9.99. The zero-order valence-corrected chi connectivity index (χ0v) is 17.0. The van der Waals surface area contributed by atoms with E-state index >= 15 is 0 Å². The van der Waals surface area contributed by atoms with Gasteiger partial charge in [-0.3, -0.25) is 14.6 Å². The summed E-state index contributed by atoms with van der Waals surface area (Å²) in [6.45, 7) is 3.43. The van der Waals surface area contributed by atoms with Crippen molar-refractivity contribution in [1.82, 2.24) is 14.8 Å². The molecule has 29 heavy (non-hydrogen) atoms. The second-order valence-electron chi connectivity index (χ2n) is 7.70. The summed E-state index contributed by atoms with van der Waals surface area (Å²) in [6.07, 6.45) is 5.04. The summed E-state index contributed by atoms with van der Waals surface area (Å²) in [5, 5.41) is 0.528. The van der Waals surface area contributed by atoms with Gasteiger partial charge in [-0.2, -0.15) is 0 Å². The van der Waals surface area contributed by atoms with Crippen molar-refractivity contribution in [2.75, 3.05) is 27.2 Å². The Morgan fingerprint density at radius 2 is 2.03 bits per heavy atom. The number of amides is 1. The molecular weight excluding hydrogens is 366 g/mol. The molecule has 3 aromatic rings. The summed E-state index contributed by atoms with van der Waals surface area (Å²) in [4.78, 5) is 34.7. The van der Waals surface area contributed by atoms with Crippen LogP contribution < -0.4 is 5.43 Å². The molecule has 0 saturated carbocycles. The maximum absolute atomic E-state index is 13.5. The largest absolute Gasteiger partial charge is 0.450 e. The van der Waals surface area contributed by atoms with Crippen LogP contribution in [-0.4, -0.2) is 47.9 Å². The van der Waals surface area contributed by atoms with Gasteiger partial charge in [0, 0.05) is 18.9 Å². The number of hydrogen-bond donors (Lipinski definition) is 0. The minimum Gasteiger partial charge on any atom is -0.450 e. The van der Waals surface area contributed by atoms with Gasteiger partial charge in [0.15, 0.2) is 5.43 Å². The molecule has 4 rings (SSSR count). The van der Waals surface area contributed by atoms with E-state index in [9.17, 15) is 9.59 Å². The van der Waals surface area contributed by atoms with Crippen molar-refractivity contribution in [2.24, 2.45) is 0 Å². The highest BCUT2D eigenvalue weighted by molar-refractivity contribution is 5.99. The van der Waals surface area contributed by atoms with Gasteiger partial charge in [-0.1, -0.05) is 19.1 Å².